The fourth-order valence-corrected chi connectivity index (χ4v) is 3.47. The molecule has 0 spiro atoms. The van der Waals surface area contributed by atoms with Crippen molar-refractivity contribution in [3.63, 3.8) is 0 Å². The summed E-state index contributed by atoms with van der Waals surface area (Å²) in [6, 6.07) is 10.0. The smallest absolute Gasteiger partial charge is 0.172 e. The third-order valence-corrected chi connectivity index (χ3v) is 4.81. The third-order valence-electron chi connectivity index (χ3n) is 3.76. The second kappa shape index (κ2) is 8.59. The molecule has 0 aliphatic rings. The molecule has 0 fully saturated rings. The number of imidazole rings is 1. The van der Waals surface area contributed by atoms with E-state index in [4.69, 9.17) is 4.74 Å². The van der Waals surface area contributed by atoms with Crippen LogP contribution in [0.3, 0.4) is 0 Å². The fourth-order valence-electron chi connectivity index (χ4n) is 2.50. The summed E-state index contributed by atoms with van der Waals surface area (Å²) in [5.74, 6) is 1.93. The van der Waals surface area contributed by atoms with Gasteiger partial charge in [-0.1, -0.05) is 24.2 Å². The SMILES string of the molecule is COc1cccc(-n2ccnc2SCCCCCn2cccn2)c1. The summed E-state index contributed by atoms with van der Waals surface area (Å²) in [5.41, 5.74) is 1.08. The zero-order valence-electron chi connectivity index (χ0n) is 13.8. The quantitative estimate of drug-likeness (QED) is 0.435. The fraction of sp³-hybridized carbons (Fsp3) is 0.333. The number of unbranched alkanes of at least 4 members (excludes halogenated alkanes) is 2. The van der Waals surface area contributed by atoms with Crippen molar-refractivity contribution >= 4 is 11.8 Å². The van der Waals surface area contributed by atoms with E-state index in [1.165, 1.54) is 12.8 Å². The van der Waals surface area contributed by atoms with Crippen LogP contribution < -0.4 is 4.74 Å². The van der Waals surface area contributed by atoms with Crippen LogP contribution in [0.5, 0.6) is 5.75 Å². The molecular formula is C18H22N4OS. The highest BCUT2D eigenvalue weighted by atomic mass is 32.2. The first-order chi connectivity index (χ1) is 11.9. The number of thioether (sulfide) groups is 1. The average Bonchev–Trinajstić information content (AvgIpc) is 3.29. The van der Waals surface area contributed by atoms with Crippen LogP contribution in [-0.2, 0) is 6.54 Å². The molecule has 1 aromatic carbocycles. The van der Waals surface area contributed by atoms with E-state index in [-0.39, 0.29) is 0 Å². The van der Waals surface area contributed by atoms with Gasteiger partial charge >= 0.3 is 0 Å². The number of aryl methyl sites for hydroxylation is 1. The summed E-state index contributed by atoms with van der Waals surface area (Å²) >= 11 is 1.80. The van der Waals surface area contributed by atoms with Crippen LogP contribution in [0, 0.1) is 0 Å². The van der Waals surface area contributed by atoms with Gasteiger partial charge in [0, 0.05) is 43.2 Å². The van der Waals surface area contributed by atoms with Gasteiger partial charge in [0.15, 0.2) is 5.16 Å². The zero-order valence-corrected chi connectivity index (χ0v) is 14.7. The first-order valence-electron chi connectivity index (χ1n) is 8.15. The lowest BCUT2D eigenvalue weighted by atomic mass is 10.2. The average molecular weight is 342 g/mol. The van der Waals surface area contributed by atoms with Gasteiger partial charge in [-0.05, 0) is 31.0 Å². The van der Waals surface area contributed by atoms with Crippen molar-refractivity contribution in [2.45, 2.75) is 31.0 Å². The molecule has 3 aromatic rings. The summed E-state index contributed by atoms with van der Waals surface area (Å²) in [6.07, 6.45) is 11.2. The topological polar surface area (TPSA) is 44.9 Å². The number of hydrogen-bond donors (Lipinski definition) is 0. The lowest BCUT2D eigenvalue weighted by Crippen LogP contribution is -1.99. The van der Waals surface area contributed by atoms with Crippen molar-refractivity contribution in [2.75, 3.05) is 12.9 Å². The Balaban J connectivity index is 1.47. The van der Waals surface area contributed by atoms with Crippen molar-refractivity contribution < 1.29 is 4.74 Å². The minimum Gasteiger partial charge on any atom is -0.497 e. The number of ether oxygens (including phenoxy) is 1. The van der Waals surface area contributed by atoms with Crippen LogP contribution in [0.4, 0.5) is 0 Å². The summed E-state index contributed by atoms with van der Waals surface area (Å²) < 4.78 is 9.40. The van der Waals surface area contributed by atoms with Crippen LogP contribution in [0.25, 0.3) is 5.69 Å². The Morgan fingerprint density at radius 1 is 1.08 bits per heavy atom. The Morgan fingerprint density at radius 2 is 2.04 bits per heavy atom. The van der Waals surface area contributed by atoms with E-state index in [9.17, 15) is 0 Å². The highest BCUT2D eigenvalue weighted by Crippen LogP contribution is 2.24. The molecule has 0 bridgehead atoms. The molecule has 5 nitrogen and oxygen atoms in total. The van der Waals surface area contributed by atoms with E-state index in [1.54, 1.807) is 18.9 Å². The van der Waals surface area contributed by atoms with Crippen molar-refractivity contribution in [3.05, 3.63) is 55.1 Å². The summed E-state index contributed by atoms with van der Waals surface area (Å²) in [7, 11) is 1.69. The molecule has 0 N–H and O–H groups in total. The van der Waals surface area contributed by atoms with Crippen molar-refractivity contribution in [3.8, 4) is 11.4 Å². The Kier molecular flexibility index (Phi) is 5.96. The maximum Gasteiger partial charge on any atom is 0.172 e. The molecule has 2 heterocycles. The first kappa shape index (κ1) is 16.6. The van der Waals surface area contributed by atoms with E-state index in [2.05, 4.69) is 20.7 Å². The molecule has 24 heavy (non-hydrogen) atoms. The van der Waals surface area contributed by atoms with Gasteiger partial charge in [-0.3, -0.25) is 9.25 Å². The second-order valence-corrected chi connectivity index (χ2v) is 6.52. The molecule has 0 unspecified atom stereocenters. The minimum absolute atomic E-state index is 0.857. The van der Waals surface area contributed by atoms with Crippen molar-refractivity contribution in [1.82, 2.24) is 19.3 Å². The Morgan fingerprint density at radius 3 is 2.88 bits per heavy atom. The molecule has 3 rings (SSSR count). The second-order valence-electron chi connectivity index (χ2n) is 5.46. The van der Waals surface area contributed by atoms with Gasteiger partial charge in [-0.15, -0.1) is 0 Å². The molecule has 126 valence electrons. The molecule has 0 aliphatic carbocycles. The van der Waals surface area contributed by atoms with E-state index in [0.29, 0.717) is 0 Å². The van der Waals surface area contributed by atoms with E-state index >= 15 is 0 Å². The molecule has 6 heteroatoms. The van der Waals surface area contributed by atoms with E-state index < -0.39 is 0 Å². The predicted molar refractivity (Wildman–Crippen MR) is 96.9 cm³/mol. The van der Waals surface area contributed by atoms with Gasteiger partial charge in [0.05, 0.1) is 12.8 Å². The molecule has 0 saturated carbocycles. The Labute approximate surface area is 146 Å². The number of nitrogens with zero attached hydrogens (tertiary/aromatic N) is 4. The first-order valence-corrected chi connectivity index (χ1v) is 9.13. The Hall–Kier alpha value is -2.21. The summed E-state index contributed by atoms with van der Waals surface area (Å²) in [4.78, 5) is 4.48. The molecule has 0 saturated heterocycles. The van der Waals surface area contributed by atoms with Gasteiger partial charge in [0.2, 0.25) is 0 Å². The van der Waals surface area contributed by atoms with Crippen LogP contribution in [0.2, 0.25) is 0 Å². The number of aromatic nitrogens is 4. The van der Waals surface area contributed by atoms with Crippen molar-refractivity contribution in [1.29, 1.82) is 0 Å². The van der Waals surface area contributed by atoms with Gasteiger partial charge in [0.25, 0.3) is 0 Å². The number of benzene rings is 1. The summed E-state index contributed by atoms with van der Waals surface area (Å²) in [5, 5.41) is 5.25. The largest absolute Gasteiger partial charge is 0.497 e. The normalized spacial score (nSPS) is 10.9. The molecule has 0 radical (unpaired) electrons. The monoisotopic (exact) mass is 342 g/mol. The van der Waals surface area contributed by atoms with Crippen LogP contribution in [-0.4, -0.2) is 32.2 Å². The van der Waals surface area contributed by atoms with Gasteiger partial charge in [-0.25, -0.2) is 4.98 Å². The molecule has 2 aromatic heterocycles. The number of rotatable bonds is 9. The highest BCUT2D eigenvalue weighted by molar-refractivity contribution is 7.99. The van der Waals surface area contributed by atoms with E-state index in [1.807, 2.05) is 53.7 Å². The number of methoxy groups -OCH3 is 1. The third kappa shape index (κ3) is 4.41. The number of hydrogen-bond acceptors (Lipinski definition) is 4. The van der Waals surface area contributed by atoms with Gasteiger partial charge in [0.1, 0.15) is 5.75 Å². The summed E-state index contributed by atoms with van der Waals surface area (Å²) in [6.45, 7) is 0.996. The zero-order chi connectivity index (χ0) is 16.6. The molecule has 0 amide bonds. The van der Waals surface area contributed by atoms with Gasteiger partial charge < -0.3 is 4.74 Å². The maximum absolute atomic E-state index is 5.30. The Bertz CT molecular complexity index is 739. The molecule has 0 aliphatic heterocycles. The van der Waals surface area contributed by atoms with Crippen LogP contribution in [0.15, 0.2) is 60.3 Å². The lowest BCUT2D eigenvalue weighted by molar-refractivity contribution is 0.414. The van der Waals surface area contributed by atoms with E-state index in [0.717, 1.165) is 35.3 Å². The maximum atomic E-state index is 5.30. The predicted octanol–water partition coefficient (Wildman–Crippen LogP) is 4.04. The van der Waals surface area contributed by atoms with Crippen LogP contribution >= 0.6 is 11.8 Å². The molecular weight excluding hydrogens is 320 g/mol. The lowest BCUT2D eigenvalue weighted by Gasteiger charge is -2.09. The highest BCUT2D eigenvalue weighted by Gasteiger charge is 2.06. The minimum atomic E-state index is 0.857. The van der Waals surface area contributed by atoms with Crippen LogP contribution in [0.1, 0.15) is 19.3 Å². The molecule has 0 atom stereocenters. The van der Waals surface area contributed by atoms with Gasteiger partial charge in [-0.2, -0.15) is 5.10 Å². The standard InChI is InChI=1S/C18H22N4OS/c1-23-17-8-5-7-16(15-17)22-13-10-19-18(22)24-14-4-2-3-11-21-12-6-9-20-21/h5-10,12-13,15H,2-4,11,14H2,1H3. The van der Waals surface area contributed by atoms with Crippen molar-refractivity contribution in [2.24, 2.45) is 0 Å².